The fraction of sp³-hybridized carbons (Fsp3) is 0.350. The highest BCUT2D eigenvalue weighted by atomic mass is 19.1. The molecule has 2 heterocycles. The van der Waals surface area contributed by atoms with Crippen LogP contribution in [-0.4, -0.2) is 22.9 Å². The zero-order valence-corrected chi connectivity index (χ0v) is 14.5. The highest BCUT2D eigenvalue weighted by Crippen LogP contribution is 2.32. The third kappa shape index (κ3) is 2.99. The number of benzene rings is 2. The number of halogens is 2. The lowest BCUT2D eigenvalue weighted by Crippen LogP contribution is -2.37. The first-order chi connectivity index (χ1) is 11.9. The van der Waals surface area contributed by atoms with Gasteiger partial charge in [0.05, 0.1) is 11.9 Å². The van der Waals surface area contributed by atoms with Gasteiger partial charge in [0.25, 0.3) is 0 Å². The number of aromatic nitrogens is 2. The topological polar surface area (TPSA) is 21.1 Å². The molecule has 0 radical (unpaired) electrons. The minimum Gasteiger partial charge on any atom is -0.371 e. The molecule has 130 valence electrons. The van der Waals surface area contributed by atoms with Crippen molar-refractivity contribution >= 4 is 16.6 Å². The fourth-order valence-corrected chi connectivity index (χ4v) is 3.46. The van der Waals surface area contributed by atoms with Crippen molar-refractivity contribution in [3.8, 4) is 5.69 Å². The molecule has 1 aliphatic rings. The van der Waals surface area contributed by atoms with Gasteiger partial charge in [0.2, 0.25) is 0 Å². The summed E-state index contributed by atoms with van der Waals surface area (Å²) in [6, 6.07) is 10.1. The van der Waals surface area contributed by atoms with Crippen LogP contribution in [-0.2, 0) is 0 Å². The van der Waals surface area contributed by atoms with Crippen molar-refractivity contribution in [2.45, 2.75) is 26.7 Å². The Balaban J connectivity index is 1.63. The summed E-state index contributed by atoms with van der Waals surface area (Å²) in [7, 11) is 0. The van der Waals surface area contributed by atoms with Crippen LogP contribution in [0.3, 0.4) is 0 Å². The molecule has 2 aromatic carbocycles. The van der Waals surface area contributed by atoms with Crippen LogP contribution in [0.1, 0.15) is 26.7 Å². The Morgan fingerprint density at radius 3 is 2.28 bits per heavy atom. The van der Waals surface area contributed by atoms with Gasteiger partial charge in [-0.15, -0.1) is 0 Å². The van der Waals surface area contributed by atoms with Gasteiger partial charge < -0.3 is 4.90 Å². The van der Waals surface area contributed by atoms with E-state index in [9.17, 15) is 8.78 Å². The summed E-state index contributed by atoms with van der Waals surface area (Å²) in [5, 5.41) is 4.68. The Bertz CT molecular complexity index is 903. The van der Waals surface area contributed by atoms with Gasteiger partial charge in [0.1, 0.15) is 11.3 Å². The van der Waals surface area contributed by atoms with E-state index in [1.807, 2.05) is 24.3 Å². The van der Waals surface area contributed by atoms with Crippen LogP contribution < -0.4 is 4.90 Å². The maximum Gasteiger partial charge on any atom is 0.152 e. The summed E-state index contributed by atoms with van der Waals surface area (Å²) < 4.78 is 29.0. The number of fused-ring (bicyclic) bond motifs is 1. The zero-order chi connectivity index (χ0) is 17.6. The summed E-state index contributed by atoms with van der Waals surface area (Å²) in [6.07, 6.45) is 3.84. The van der Waals surface area contributed by atoms with E-state index in [1.165, 1.54) is 35.5 Å². The lowest BCUT2D eigenvalue weighted by Gasteiger charge is -2.38. The van der Waals surface area contributed by atoms with Crippen molar-refractivity contribution in [3.63, 3.8) is 0 Å². The van der Waals surface area contributed by atoms with Gasteiger partial charge in [-0.25, -0.2) is 13.5 Å². The van der Waals surface area contributed by atoms with E-state index in [1.54, 1.807) is 0 Å². The van der Waals surface area contributed by atoms with Crippen molar-refractivity contribution in [2.75, 3.05) is 18.0 Å². The maximum atomic E-state index is 14.2. The quantitative estimate of drug-likeness (QED) is 0.659. The molecule has 0 saturated carbocycles. The molecule has 25 heavy (non-hydrogen) atoms. The van der Waals surface area contributed by atoms with Crippen LogP contribution in [0.5, 0.6) is 0 Å². The molecule has 3 aromatic rings. The third-order valence-electron chi connectivity index (χ3n) is 5.16. The van der Waals surface area contributed by atoms with Gasteiger partial charge >= 0.3 is 0 Å². The highest BCUT2D eigenvalue weighted by molar-refractivity contribution is 5.81. The van der Waals surface area contributed by atoms with E-state index in [0.717, 1.165) is 24.8 Å². The number of nitrogens with zero attached hydrogens (tertiary/aromatic N) is 3. The Labute approximate surface area is 145 Å². The number of rotatable bonds is 2. The van der Waals surface area contributed by atoms with Crippen LogP contribution in [0.15, 0.2) is 42.6 Å². The third-order valence-corrected chi connectivity index (χ3v) is 5.16. The lowest BCUT2D eigenvalue weighted by molar-refractivity contribution is 0.280. The van der Waals surface area contributed by atoms with Crippen molar-refractivity contribution in [2.24, 2.45) is 5.41 Å². The smallest absolute Gasteiger partial charge is 0.152 e. The van der Waals surface area contributed by atoms with Crippen molar-refractivity contribution in [1.29, 1.82) is 0 Å². The molecule has 4 rings (SSSR count). The molecule has 5 heteroatoms. The maximum absolute atomic E-state index is 14.2. The molecule has 0 aliphatic carbocycles. The molecule has 0 unspecified atom stereocenters. The Kier molecular flexibility index (Phi) is 3.74. The number of anilines is 1. The van der Waals surface area contributed by atoms with E-state index in [4.69, 9.17) is 0 Å². The molecule has 1 fully saturated rings. The van der Waals surface area contributed by atoms with Crippen molar-refractivity contribution in [1.82, 2.24) is 9.78 Å². The van der Waals surface area contributed by atoms with Crippen LogP contribution >= 0.6 is 0 Å². The van der Waals surface area contributed by atoms with E-state index in [2.05, 4.69) is 23.8 Å². The van der Waals surface area contributed by atoms with Gasteiger partial charge in [-0.1, -0.05) is 13.8 Å². The predicted molar refractivity (Wildman–Crippen MR) is 96.2 cm³/mol. The second-order valence-electron chi connectivity index (χ2n) is 7.55. The molecule has 1 aromatic heterocycles. The molecule has 0 amide bonds. The fourth-order valence-electron chi connectivity index (χ4n) is 3.46. The van der Waals surface area contributed by atoms with E-state index in [0.29, 0.717) is 16.3 Å². The van der Waals surface area contributed by atoms with Crippen molar-refractivity contribution < 1.29 is 8.78 Å². The SMILES string of the molecule is CC1(C)CCN(c2ccc(-n3ncc4cc(F)cc(F)c43)cc2)CC1. The minimum atomic E-state index is -0.602. The van der Waals surface area contributed by atoms with Gasteiger partial charge in [-0.2, -0.15) is 5.10 Å². The minimum absolute atomic E-state index is 0.300. The van der Waals surface area contributed by atoms with Gasteiger partial charge in [-0.05, 0) is 48.6 Å². The average Bonchev–Trinajstić information content (AvgIpc) is 2.99. The predicted octanol–water partition coefficient (Wildman–Crippen LogP) is 4.93. The molecule has 3 nitrogen and oxygen atoms in total. The van der Waals surface area contributed by atoms with Crippen LogP contribution in [0.25, 0.3) is 16.6 Å². The molecule has 0 bridgehead atoms. The summed E-state index contributed by atoms with van der Waals surface area (Å²) >= 11 is 0. The normalized spacial score (nSPS) is 17.2. The first kappa shape index (κ1) is 16.1. The van der Waals surface area contributed by atoms with Gasteiger partial charge in [-0.3, -0.25) is 0 Å². The molecule has 1 saturated heterocycles. The Morgan fingerprint density at radius 1 is 0.960 bits per heavy atom. The average molecular weight is 341 g/mol. The molecule has 0 spiro atoms. The first-order valence-electron chi connectivity index (χ1n) is 8.61. The van der Waals surface area contributed by atoms with Crippen LogP contribution in [0.4, 0.5) is 14.5 Å². The lowest BCUT2D eigenvalue weighted by atomic mass is 9.82. The Morgan fingerprint density at radius 2 is 1.60 bits per heavy atom. The molecule has 0 atom stereocenters. The number of hydrogen-bond donors (Lipinski definition) is 0. The Hall–Kier alpha value is -2.43. The summed E-state index contributed by atoms with van der Waals surface area (Å²) in [5.74, 6) is -1.19. The van der Waals surface area contributed by atoms with Crippen LogP contribution in [0.2, 0.25) is 0 Å². The molecule has 0 N–H and O–H groups in total. The largest absolute Gasteiger partial charge is 0.371 e. The summed E-state index contributed by atoms with van der Waals surface area (Å²) in [4.78, 5) is 2.38. The first-order valence-corrected chi connectivity index (χ1v) is 8.61. The summed E-state index contributed by atoms with van der Waals surface area (Å²) in [5.41, 5.74) is 2.65. The zero-order valence-electron chi connectivity index (χ0n) is 14.5. The van der Waals surface area contributed by atoms with Gasteiger partial charge in [0.15, 0.2) is 5.82 Å². The molecule has 1 aliphatic heterocycles. The molecular formula is C20H21F2N3. The molecular weight excluding hydrogens is 320 g/mol. The number of piperidine rings is 1. The highest BCUT2D eigenvalue weighted by Gasteiger charge is 2.25. The number of hydrogen-bond acceptors (Lipinski definition) is 2. The van der Waals surface area contributed by atoms with E-state index >= 15 is 0 Å². The van der Waals surface area contributed by atoms with Crippen LogP contribution in [0, 0.1) is 17.0 Å². The van der Waals surface area contributed by atoms with E-state index in [-0.39, 0.29) is 0 Å². The standard InChI is InChI=1S/C20H21F2N3/c1-20(2)7-9-24(10-8-20)16-3-5-17(6-4-16)25-19-14(13-23-25)11-15(21)12-18(19)22/h3-6,11-13H,7-10H2,1-2H3. The van der Waals surface area contributed by atoms with Crippen molar-refractivity contribution in [3.05, 3.63) is 54.2 Å². The second kappa shape index (κ2) is 5.83. The van der Waals surface area contributed by atoms with Gasteiger partial charge in [0, 0.05) is 30.2 Å². The monoisotopic (exact) mass is 341 g/mol. The summed E-state index contributed by atoms with van der Waals surface area (Å²) in [6.45, 7) is 6.72. The second-order valence-corrected chi connectivity index (χ2v) is 7.55. The van der Waals surface area contributed by atoms with E-state index < -0.39 is 11.6 Å².